The van der Waals surface area contributed by atoms with Crippen molar-refractivity contribution in [1.29, 1.82) is 0 Å². The number of anilines is 1. The number of carbonyl (C=O) groups excluding carboxylic acids is 1. The van der Waals surface area contributed by atoms with E-state index in [1.54, 1.807) is 28.9 Å². The number of aromatic nitrogens is 4. The van der Waals surface area contributed by atoms with E-state index in [4.69, 9.17) is 4.42 Å². The fraction of sp³-hybridized carbons (Fsp3) is 0.143. The minimum atomic E-state index is -0.303. The molecule has 2 aromatic heterocycles. The third-order valence-corrected chi connectivity index (χ3v) is 3.01. The Labute approximate surface area is 120 Å². The summed E-state index contributed by atoms with van der Waals surface area (Å²) in [6, 6.07) is 10.7. The molecule has 0 spiro atoms. The molecule has 0 aliphatic rings. The first kappa shape index (κ1) is 13.0. The first-order valence-corrected chi connectivity index (χ1v) is 6.34. The highest BCUT2D eigenvalue weighted by atomic mass is 16.4. The Morgan fingerprint density at radius 3 is 2.67 bits per heavy atom. The van der Waals surface area contributed by atoms with Gasteiger partial charge in [-0.15, -0.1) is 5.10 Å². The Balaban J connectivity index is 1.78. The third-order valence-electron chi connectivity index (χ3n) is 3.01. The smallest absolute Gasteiger partial charge is 0.322 e. The summed E-state index contributed by atoms with van der Waals surface area (Å²) in [5.74, 6) is -0.0370. The van der Waals surface area contributed by atoms with E-state index < -0.39 is 0 Å². The maximum atomic E-state index is 12.0. The van der Waals surface area contributed by atoms with Crippen molar-refractivity contribution in [1.82, 2.24) is 20.0 Å². The van der Waals surface area contributed by atoms with E-state index in [1.807, 2.05) is 26.1 Å². The number of benzene rings is 1. The van der Waals surface area contributed by atoms with Crippen LogP contribution in [0.5, 0.6) is 0 Å². The van der Waals surface area contributed by atoms with E-state index in [9.17, 15) is 4.79 Å². The highest BCUT2D eigenvalue weighted by Crippen LogP contribution is 2.19. The maximum Gasteiger partial charge on any atom is 0.322 e. The van der Waals surface area contributed by atoms with Crippen LogP contribution in [0.4, 0.5) is 6.01 Å². The predicted octanol–water partition coefficient (Wildman–Crippen LogP) is 2.03. The van der Waals surface area contributed by atoms with Gasteiger partial charge in [-0.05, 0) is 25.1 Å². The Hall–Kier alpha value is -2.96. The molecule has 21 heavy (non-hydrogen) atoms. The Morgan fingerprint density at radius 1 is 1.24 bits per heavy atom. The van der Waals surface area contributed by atoms with Gasteiger partial charge in [0.2, 0.25) is 0 Å². The molecule has 0 aliphatic heterocycles. The molecule has 106 valence electrons. The predicted molar refractivity (Wildman–Crippen MR) is 75.6 cm³/mol. The van der Waals surface area contributed by atoms with E-state index in [2.05, 4.69) is 20.6 Å². The van der Waals surface area contributed by atoms with E-state index in [0.29, 0.717) is 11.3 Å². The van der Waals surface area contributed by atoms with Gasteiger partial charge in [0, 0.05) is 18.3 Å². The summed E-state index contributed by atoms with van der Waals surface area (Å²) >= 11 is 0. The molecule has 3 rings (SSSR count). The van der Waals surface area contributed by atoms with Gasteiger partial charge in [-0.25, -0.2) is 0 Å². The first-order chi connectivity index (χ1) is 10.1. The minimum Gasteiger partial charge on any atom is -0.401 e. The number of hydrogen-bond acceptors (Lipinski definition) is 5. The number of rotatable bonds is 3. The number of nitrogens with zero attached hydrogens (tertiary/aromatic N) is 4. The molecule has 2 heterocycles. The van der Waals surface area contributed by atoms with Gasteiger partial charge in [-0.3, -0.25) is 14.8 Å². The fourth-order valence-electron chi connectivity index (χ4n) is 1.80. The molecule has 0 fully saturated rings. The van der Waals surface area contributed by atoms with Crippen LogP contribution in [-0.4, -0.2) is 25.9 Å². The van der Waals surface area contributed by atoms with Gasteiger partial charge in [-0.2, -0.15) is 5.10 Å². The molecular weight excluding hydrogens is 270 g/mol. The largest absolute Gasteiger partial charge is 0.401 e. The summed E-state index contributed by atoms with van der Waals surface area (Å²) in [6.07, 6.45) is 0. The summed E-state index contributed by atoms with van der Waals surface area (Å²) in [5.41, 5.74) is 2.06. The second-order valence-corrected chi connectivity index (χ2v) is 4.53. The normalized spacial score (nSPS) is 10.6. The van der Waals surface area contributed by atoms with Crippen molar-refractivity contribution in [2.45, 2.75) is 6.92 Å². The van der Waals surface area contributed by atoms with Crippen molar-refractivity contribution in [2.24, 2.45) is 7.05 Å². The Kier molecular flexibility index (Phi) is 3.23. The van der Waals surface area contributed by atoms with E-state index in [1.165, 1.54) is 0 Å². The van der Waals surface area contributed by atoms with Gasteiger partial charge in [0.1, 0.15) is 5.69 Å². The molecule has 7 nitrogen and oxygen atoms in total. The number of hydrogen-bond donors (Lipinski definition) is 1. The number of amides is 1. The van der Waals surface area contributed by atoms with Crippen LogP contribution >= 0.6 is 0 Å². The zero-order valence-corrected chi connectivity index (χ0v) is 11.6. The fourth-order valence-corrected chi connectivity index (χ4v) is 1.80. The zero-order valence-electron chi connectivity index (χ0n) is 11.6. The molecule has 1 amide bonds. The van der Waals surface area contributed by atoms with Crippen molar-refractivity contribution < 1.29 is 9.21 Å². The summed E-state index contributed by atoms with van der Waals surface area (Å²) in [7, 11) is 1.83. The van der Waals surface area contributed by atoms with Gasteiger partial charge < -0.3 is 4.42 Å². The van der Waals surface area contributed by atoms with E-state index >= 15 is 0 Å². The molecule has 0 bridgehead atoms. The van der Waals surface area contributed by atoms with Gasteiger partial charge >= 0.3 is 6.01 Å². The lowest BCUT2D eigenvalue weighted by atomic mass is 10.2. The second-order valence-electron chi connectivity index (χ2n) is 4.53. The lowest BCUT2D eigenvalue weighted by molar-refractivity contribution is 0.102. The monoisotopic (exact) mass is 283 g/mol. The van der Waals surface area contributed by atoms with Crippen molar-refractivity contribution in [3.05, 3.63) is 47.7 Å². The number of aryl methyl sites for hydroxylation is 2. The Morgan fingerprint density at radius 2 is 2.00 bits per heavy atom. The van der Waals surface area contributed by atoms with Crippen LogP contribution in [0, 0.1) is 6.92 Å². The average Bonchev–Trinajstić information content (AvgIpc) is 3.07. The molecule has 0 saturated carbocycles. The molecule has 1 N–H and O–H groups in total. The SMILES string of the molecule is Cc1cc(-c2nnc(NC(=O)c3ccccc3)o2)nn1C. The molecule has 3 aromatic rings. The molecule has 0 radical (unpaired) electrons. The maximum absolute atomic E-state index is 12.0. The molecule has 0 unspecified atom stereocenters. The number of nitrogens with one attached hydrogen (secondary N) is 1. The van der Waals surface area contributed by atoms with Crippen LogP contribution in [0.2, 0.25) is 0 Å². The topological polar surface area (TPSA) is 85.8 Å². The molecular formula is C14H13N5O2. The minimum absolute atomic E-state index is 0.0437. The van der Waals surface area contributed by atoms with Crippen molar-refractivity contribution >= 4 is 11.9 Å². The van der Waals surface area contributed by atoms with Crippen molar-refractivity contribution in [2.75, 3.05) is 5.32 Å². The summed E-state index contributed by atoms with van der Waals surface area (Å²) in [4.78, 5) is 12.0. The summed E-state index contributed by atoms with van der Waals surface area (Å²) < 4.78 is 7.11. The quantitative estimate of drug-likeness (QED) is 0.794. The van der Waals surface area contributed by atoms with E-state index in [0.717, 1.165) is 5.69 Å². The Bertz CT molecular complexity index is 756. The van der Waals surface area contributed by atoms with Crippen LogP contribution < -0.4 is 5.32 Å². The van der Waals surface area contributed by atoms with Crippen LogP contribution in [0.15, 0.2) is 40.8 Å². The second kappa shape index (κ2) is 5.20. The van der Waals surface area contributed by atoms with Gasteiger partial charge in [0.05, 0.1) is 0 Å². The van der Waals surface area contributed by atoms with Crippen LogP contribution in [0.25, 0.3) is 11.6 Å². The van der Waals surface area contributed by atoms with Crippen molar-refractivity contribution in [3.63, 3.8) is 0 Å². The van der Waals surface area contributed by atoms with E-state index in [-0.39, 0.29) is 17.8 Å². The molecule has 1 aromatic carbocycles. The highest BCUT2D eigenvalue weighted by molar-refractivity contribution is 6.03. The van der Waals surface area contributed by atoms with Crippen LogP contribution in [-0.2, 0) is 7.05 Å². The third kappa shape index (κ3) is 2.66. The first-order valence-electron chi connectivity index (χ1n) is 6.34. The van der Waals surface area contributed by atoms with Crippen LogP contribution in [0.3, 0.4) is 0 Å². The lowest BCUT2D eigenvalue weighted by Gasteiger charge is -1.98. The van der Waals surface area contributed by atoms with Gasteiger partial charge in [-0.1, -0.05) is 23.3 Å². The van der Waals surface area contributed by atoms with Crippen molar-refractivity contribution in [3.8, 4) is 11.6 Å². The summed E-state index contributed by atoms with van der Waals surface area (Å²) in [6.45, 7) is 1.92. The lowest BCUT2D eigenvalue weighted by Crippen LogP contribution is -2.11. The zero-order chi connectivity index (χ0) is 14.8. The average molecular weight is 283 g/mol. The molecule has 7 heteroatoms. The van der Waals surface area contributed by atoms with Crippen LogP contribution in [0.1, 0.15) is 16.1 Å². The van der Waals surface area contributed by atoms with Gasteiger partial charge in [0.25, 0.3) is 11.8 Å². The molecule has 0 saturated heterocycles. The number of carbonyl (C=O) groups is 1. The molecule has 0 aliphatic carbocycles. The standard InChI is InChI=1S/C14H13N5O2/c1-9-8-11(18-19(9)2)13-16-17-14(21-13)15-12(20)10-6-4-3-5-7-10/h3-8H,1-2H3,(H,15,17,20). The summed E-state index contributed by atoms with van der Waals surface area (Å²) in [5, 5.41) is 14.5. The van der Waals surface area contributed by atoms with Gasteiger partial charge in [0.15, 0.2) is 0 Å². The molecule has 0 atom stereocenters. The highest BCUT2D eigenvalue weighted by Gasteiger charge is 2.14.